The van der Waals surface area contributed by atoms with Crippen LogP contribution >= 0.6 is 0 Å². The van der Waals surface area contributed by atoms with Gasteiger partial charge in [-0.2, -0.15) is 9.40 Å². The monoisotopic (exact) mass is 270 g/mol. The number of hydrogen-bond donors (Lipinski definition) is 1. The molecule has 100 valence electrons. The van der Waals surface area contributed by atoms with Crippen molar-refractivity contribution in [2.75, 3.05) is 19.6 Å². The van der Waals surface area contributed by atoms with Crippen molar-refractivity contribution < 1.29 is 8.42 Å². The van der Waals surface area contributed by atoms with Crippen LogP contribution in [0.25, 0.3) is 0 Å². The van der Waals surface area contributed by atoms with Crippen LogP contribution in [-0.4, -0.2) is 42.1 Å². The van der Waals surface area contributed by atoms with Crippen LogP contribution in [0.1, 0.15) is 0 Å². The minimum absolute atomic E-state index is 0.152. The summed E-state index contributed by atoms with van der Waals surface area (Å²) in [5.41, 5.74) is 5.39. The van der Waals surface area contributed by atoms with Crippen LogP contribution < -0.4 is 5.73 Å². The third-order valence-electron chi connectivity index (χ3n) is 2.27. The molecule has 0 saturated carbocycles. The van der Waals surface area contributed by atoms with Gasteiger partial charge in [-0.15, -0.1) is 13.2 Å². The highest BCUT2D eigenvalue weighted by Gasteiger charge is 2.23. The third kappa shape index (κ3) is 3.28. The molecule has 1 aromatic rings. The van der Waals surface area contributed by atoms with Crippen molar-refractivity contribution in [1.29, 1.82) is 0 Å². The van der Waals surface area contributed by atoms with Gasteiger partial charge >= 0.3 is 0 Å². The number of aromatic nitrogens is 2. The van der Waals surface area contributed by atoms with Gasteiger partial charge in [-0.25, -0.2) is 8.42 Å². The molecule has 0 bridgehead atoms. The van der Waals surface area contributed by atoms with E-state index in [1.165, 1.54) is 33.5 Å². The van der Waals surface area contributed by atoms with Gasteiger partial charge in [-0.3, -0.25) is 4.68 Å². The van der Waals surface area contributed by atoms with E-state index in [-0.39, 0.29) is 18.0 Å². The molecule has 1 heterocycles. The maximum Gasteiger partial charge on any atom is 0.246 e. The average Bonchev–Trinajstić information content (AvgIpc) is 2.78. The average molecular weight is 270 g/mol. The van der Waals surface area contributed by atoms with Gasteiger partial charge in [0.25, 0.3) is 0 Å². The SMILES string of the molecule is C=CCN(CC=C)S(=O)(=O)c1cnn(CCN)c1. The lowest BCUT2D eigenvalue weighted by molar-refractivity contribution is 0.474. The lowest BCUT2D eigenvalue weighted by Gasteiger charge is -2.17. The molecule has 1 aromatic heterocycles. The first kappa shape index (κ1) is 14.6. The molecule has 0 aromatic carbocycles. The number of rotatable bonds is 8. The van der Waals surface area contributed by atoms with Crippen molar-refractivity contribution >= 4 is 10.0 Å². The summed E-state index contributed by atoms with van der Waals surface area (Å²) in [5, 5.41) is 3.95. The highest BCUT2D eigenvalue weighted by Crippen LogP contribution is 2.14. The minimum atomic E-state index is -3.56. The van der Waals surface area contributed by atoms with Gasteiger partial charge < -0.3 is 5.73 Å². The van der Waals surface area contributed by atoms with Crippen molar-refractivity contribution in [3.05, 3.63) is 37.7 Å². The van der Waals surface area contributed by atoms with E-state index in [1.807, 2.05) is 0 Å². The third-order valence-corrected chi connectivity index (χ3v) is 4.06. The van der Waals surface area contributed by atoms with E-state index in [4.69, 9.17) is 5.73 Å². The highest BCUT2D eigenvalue weighted by atomic mass is 32.2. The van der Waals surface area contributed by atoms with E-state index in [9.17, 15) is 8.42 Å². The summed E-state index contributed by atoms with van der Waals surface area (Å²) in [4.78, 5) is 0.152. The van der Waals surface area contributed by atoms with Crippen LogP contribution in [0.3, 0.4) is 0 Å². The molecule has 0 amide bonds. The van der Waals surface area contributed by atoms with Crippen LogP contribution in [0.5, 0.6) is 0 Å². The summed E-state index contributed by atoms with van der Waals surface area (Å²) in [6.07, 6.45) is 5.86. The smallest absolute Gasteiger partial charge is 0.246 e. The second-order valence-corrected chi connectivity index (χ2v) is 5.57. The number of hydrogen-bond acceptors (Lipinski definition) is 4. The standard InChI is InChI=1S/C11H18N4O2S/c1-3-6-15(7-4-2)18(16,17)11-9-13-14(10-11)8-5-12/h3-4,9-10H,1-2,5-8,12H2. The Morgan fingerprint density at radius 2 is 2.00 bits per heavy atom. The van der Waals surface area contributed by atoms with Gasteiger partial charge in [0, 0.05) is 25.8 Å². The largest absolute Gasteiger partial charge is 0.329 e. The molecule has 0 aliphatic rings. The Balaban J connectivity index is 3.01. The van der Waals surface area contributed by atoms with Gasteiger partial charge in [-0.05, 0) is 0 Å². The Bertz CT molecular complexity index is 497. The zero-order valence-electron chi connectivity index (χ0n) is 10.2. The van der Waals surface area contributed by atoms with E-state index in [1.54, 1.807) is 0 Å². The molecule has 2 N–H and O–H groups in total. The highest BCUT2D eigenvalue weighted by molar-refractivity contribution is 7.89. The lowest BCUT2D eigenvalue weighted by atomic mass is 10.5. The molecule has 6 nitrogen and oxygen atoms in total. The van der Waals surface area contributed by atoms with Crippen molar-refractivity contribution in [2.45, 2.75) is 11.4 Å². The summed E-state index contributed by atoms with van der Waals surface area (Å²) in [6, 6.07) is 0. The van der Waals surface area contributed by atoms with Crippen LogP contribution in [-0.2, 0) is 16.6 Å². The molecule has 18 heavy (non-hydrogen) atoms. The van der Waals surface area contributed by atoms with Crippen LogP contribution in [0, 0.1) is 0 Å². The van der Waals surface area contributed by atoms with Crippen LogP contribution in [0.2, 0.25) is 0 Å². The molecule has 0 aliphatic heterocycles. The predicted molar refractivity (Wildman–Crippen MR) is 70.4 cm³/mol. The number of nitrogens with two attached hydrogens (primary N) is 1. The second kappa shape index (κ2) is 6.48. The Labute approximate surface area is 107 Å². The van der Waals surface area contributed by atoms with Crippen LogP contribution in [0.4, 0.5) is 0 Å². The van der Waals surface area contributed by atoms with Gasteiger partial charge in [0.15, 0.2) is 0 Å². The Kier molecular flexibility index (Phi) is 5.26. The summed E-state index contributed by atoms with van der Waals surface area (Å²) in [7, 11) is -3.56. The van der Waals surface area contributed by atoms with E-state index < -0.39 is 10.0 Å². The number of nitrogens with zero attached hydrogens (tertiary/aromatic N) is 3. The van der Waals surface area contributed by atoms with Crippen molar-refractivity contribution in [3.63, 3.8) is 0 Å². The van der Waals surface area contributed by atoms with E-state index in [0.717, 1.165) is 0 Å². The molecular formula is C11H18N4O2S. The molecule has 7 heteroatoms. The maximum atomic E-state index is 12.3. The van der Waals surface area contributed by atoms with Crippen molar-refractivity contribution in [1.82, 2.24) is 14.1 Å². The summed E-state index contributed by atoms with van der Waals surface area (Å²) < 4.78 is 27.3. The first-order chi connectivity index (χ1) is 8.56. The molecule has 1 rings (SSSR count). The predicted octanol–water partition coefficient (Wildman–Crippen LogP) is 0.205. The van der Waals surface area contributed by atoms with E-state index >= 15 is 0 Å². The summed E-state index contributed by atoms with van der Waals surface area (Å²) in [5.74, 6) is 0. The van der Waals surface area contributed by atoms with Gasteiger partial charge in [0.2, 0.25) is 10.0 Å². The Morgan fingerprint density at radius 1 is 1.39 bits per heavy atom. The Hall–Kier alpha value is -1.44. The number of sulfonamides is 1. The molecular weight excluding hydrogens is 252 g/mol. The summed E-state index contributed by atoms with van der Waals surface area (Å²) >= 11 is 0. The van der Waals surface area contributed by atoms with Gasteiger partial charge in [0.1, 0.15) is 4.90 Å². The first-order valence-electron chi connectivity index (χ1n) is 5.50. The molecule has 0 fully saturated rings. The van der Waals surface area contributed by atoms with E-state index in [0.29, 0.717) is 13.1 Å². The molecule has 0 radical (unpaired) electrons. The maximum absolute atomic E-state index is 12.3. The minimum Gasteiger partial charge on any atom is -0.329 e. The fourth-order valence-corrected chi connectivity index (χ4v) is 2.78. The second-order valence-electron chi connectivity index (χ2n) is 3.63. The fourth-order valence-electron chi connectivity index (χ4n) is 1.44. The molecule has 0 saturated heterocycles. The quantitative estimate of drug-likeness (QED) is 0.684. The van der Waals surface area contributed by atoms with Gasteiger partial charge in [0.05, 0.1) is 12.7 Å². The summed E-state index contributed by atoms with van der Waals surface area (Å²) in [6.45, 7) is 8.45. The zero-order valence-corrected chi connectivity index (χ0v) is 11.0. The molecule has 0 unspecified atom stereocenters. The normalized spacial score (nSPS) is 11.7. The van der Waals surface area contributed by atoms with E-state index in [2.05, 4.69) is 18.3 Å². The fraction of sp³-hybridized carbons (Fsp3) is 0.364. The lowest BCUT2D eigenvalue weighted by Crippen LogP contribution is -2.31. The topological polar surface area (TPSA) is 81.2 Å². The molecule has 0 spiro atoms. The van der Waals surface area contributed by atoms with Gasteiger partial charge in [-0.1, -0.05) is 12.2 Å². The Morgan fingerprint density at radius 3 is 2.50 bits per heavy atom. The van der Waals surface area contributed by atoms with Crippen molar-refractivity contribution in [2.24, 2.45) is 5.73 Å². The van der Waals surface area contributed by atoms with Crippen LogP contribution in [0.15, 0.2) is 42.6 Å². The first-order valence-corrected chi connectivity index (χ1v) is 6.94. The molecule has 0 atom stereocenters. The zero-order chi connectivity index (χ0) is 13.6. The van der Waals surface area contributed by atoms with Crippen molar-refractivity contribution in [3.8, 4) is 0 Å². The molecule has 0 aliphatic carbocycles.